The van der Waals surface area contributed by atoms with Gasteiger partial charge in [-0.15, -0.1) is 0 Å². The lowest BCUT2D eigenvalue weighted by Crippen LogP contribution is -2.25. The molecule has 1 N–H and O–H groups in total. The van der Waals surface area contributed by atoms with Crippen molar-refractivity contribution in [1.29, 1.82) is 0 Å². The molecule has 0 aliphatic heterocycles. The Morgan fingerprint density at radius 1 is 1.12 bits per heavy atom. The van der Waals surface area contributed by atoms with Gasteiger partial charge in [-0.25, -0.2) is 0 Å². The second-order valence-electron chi connectivity index (χ2n) is 5.83. The van der Waals surface area contributed by atoms with Crippen LogP contribution in [0.4, 0.5) is 0 Å². The first-order valence-electron chi connectivity index (χ1n) is 8.11. The zero-order valence-corrected chi connectivity index (χ0v) is 14.0. The number of carbonyl (C=O) groups is 1. The molecule has 0 fully saturated rings. The highest BCUT2D eigenvalue weighted by atomic mass is 16.5. The number of para-hydroxylation sites is 1. The van der Waals surface area contributed by atoms with E-state index in [1.54, 1.807) is 0 Å². The number of hydrogen-bond donors (Lipinski definition) is 1. The number of aryl methyl sites for hydroxylation is 2. The maximum absolute atomic E-state index is 12.3. The van der Waals surface area contributed by atoms with Gasteiger partial charge in [0.05, 0.1) is 6.61 Å². The predicted octanol–water partition coefficient (Wildman–Crippen LogP) is 4.25. The third-order valence-electron chi connectivity index (χ3n) is 3.91. The largest absolute Gasteiger partial charge is 0.494 e. The molecule has 2 aromatic carbocycles. The molecule has 0 aliphatic rings. The maximum Gasteiger partial charge on any atom is 0.287 e. The molecule has 0 aliphatic carbocycles. The lowest BCUT2D eigenvalue weighted by molar-refractivity contribution is 0.0925. The maximum atomic E-state index is 12.3. The zero-order chi connectivity index (χ0) is 16.9. The number of nitrogens with one attached hydrogen (secondary N) is 1. The summed E-state index contributed by atoms with van der Waals surface area (Å²) in [6.07, 6.45) is 0.735. The van der Waals surface area contributed by atoms with E-state index in [4.69, 9.17) is 9.15 Å². The first-order chi connectivity index (χ1) is 11.6. The second kappa shape index (κ2) is 7.21. The molecule has 124 valence electrons. The van der Waals surface area contributed by atoms with Crippen LogP contribution in [0, 0.1) is 13.8 Å². The lowest BCUT2D eigenvalue weighted by atomic mass is 10.1. The minimum atomic E-state index is -0.181. The molecule has 3 rings (SSSR count). The number of benzene rings is 2. The van der Waals surface area contributed by atoms with Crippen molar-refractivity contribution in [3.05, 3.63) is 65.4 Å². The number of rotatable bonds is 6. The van der Waals surface area contributed by atoms with E-state index < -0.39 is 0 Å². The zero-order valence-electron chi connectivity index (χ0n) is 14.0. The van der Waals surface area contributed by atoms with Crippen molar-refractivity contribution in [3.63, 3.8) is 0 Å². The third kappa shape index (κ3) is 3.59. The summed E-state index contributed by atoms with van der Waals surface area (Å²) in [4.78, 5) is 12.3. The molecule has 24 heavy (non-hydrogen) atoms. The summed E-state index contributed by atoms with van der Waals surface area (Å²) >= 11 is 0. The molecule has 1 aromatic heterocycles. The van der Waals surface area contributed by atoms with Crippen molar-refractivity contribution in [2.75, 3.05) is 13.2 Å². The summed E-state index contributed by atoms with van der Waals surface area (Å²) in [5, 5.41) is 3.86. The fraction of sp³-hybridized carbons (Fsp3) is 0.250. The average molecular weight is 323 g/mol. The third-order valence-corrected chi connectivity index (χ3v) is 3.91. The topological polar surface area (TPSA) is 51.5 Å². The molecule has 4 heteroatoms. The second-order valence-corrected chi connectivity index (χ2v) is 5.83. The first-order valence-corrected chi connectivity index (χ1v) is 8.11. The van der Waals surface area contributed by atoms with Crippen LogP contribution < -0.4 is 10.1 Å². The van der Waals surface area contributed by atoms with Crippen molar-refractivity contribution in [2.24, 2.45) is 0 Å². The van der Waals surface area contributed by atoms with Gasteiger partial charge >= 0.3 is 0 Å². The van der Waals surface area contributed by atoms with E-state index in [1.165, 1.54) is 5.56 Å². The average Bonchev–Trinajstić information content (AvgIpc) is 2.92. The summed E-state index contributed by atoms with van der Waals surface area (Å²) in [5.41, 5.74) is 2.78. The van der Waals surface area contributed by atoms with Gasteiger partial charge in [0.1, 0.15) is 11.3 Å². The molecule has 3 aromatic rings. The van der Waals surface area contributed by atoms with Crippen LogP contribution in [0.3, 0.4) is 0 Å². The van der Waals surface area contributed by atoms with Gasteiger partial charge in [0.2, 0.25) is 0 Å². The van der Waals surface area contributed by atoms with Crippen molar-refractivity contribution < 1.29 is 13.9 Å². The number of hydrogen-bond acceptors (Lipinski definition) is 3. The quantitative estimate of drug-likeness (QED) is 0.690. The molecule has 0 radical (unpaired) electrons. The van der Waals surface area contributed by atoms with Crippen molar-refractivity contribution in [2.45, 2.75) is 20.3 Å². The minimum absolute atomic E-state index is 0.181. The van der Waals surface area contributed by atoms with E-state index in [2.05, 4.69) is 5.32 Å². The van der Waals surface area contributed by atoms with E-state index in [0.717, 1.165) is 28.7 Å². The van der Waals surface area contributed by atoms with Gasteiger partial charge < -0.3 is 14.5 Å². The Kier molecular flexibility index (Phi) is 4.85. The van der Waals surface area contributed by atoms with Crippen LogP contribution >= 0.6 is 0 Å². The number of fused-ring (bicyclic) bond motifs is 1. The Bertz CT molecular complexity index is 851. The molecule has 4 nitrogen and oxygen atoms in total. The molecule has 0 spiro atoms. The van der Waals surface area contributed by atoms with Gasteiger partial charge in [-0.3, -0.25) is 4.79 Å². The van der Waals surface area contributed by atoms with Crippen molar-refractivity contribution in [3.8, 4) is 5.75 Å². The molecule has 0 atom stereocenters. The Morgan fingerprint density at radius 3 is 2.75 bits per heavy atom. The van der Waals surface area contributed by atoms with Gasteiger partial charge in [0, 0.05) is 17.5 Å². The Balaban J connectivity index is 1.49. The van der Waals surface area contributed by atoms with E-state index in [-0.39, 0.29) is 5.91 Å². The van der Waals surface area contributed by atoms with Gasteiger partial charge in [-0.2, -0.15) is 0 Å². The summed E-state index contributed by atoms with van der Waals surface area (Å²) in [5.74, 6) is 1.06. The number of furan rings is 1. The van der Waals surface area contributed by atoms with Gasteiger partial charge in [-0.1, -0.05) is 30.3 Å². The molecular formula is C20H21NO3. The van der Waals surface area contributed by atoms with E-state index >= 15 is 0 Å². The van der Waals surface area contributed by atoms with E-state index in [0.29, 0.717) is 18.9 Å². The highest BCUT2D eigenvalue weighted by Crippen LogP contribution is 2.24. The first kappa shape index (κ1) is 16.1. The SMILES string of the molecule is Cc1cccc(OCCCNC(=O)c2oc3ccccc3c2C)c1. The number of ether oxygens (including phenoxy) is 1. The van der Waals surface area contributed by atoms with Crippen LogP contribution in [0.25, 0.3) is 11.0 Å². The fourth-order valence-corrected chi connectivity index (χ4v) is 2.64. The smallest absolute Gasteiger partial charge is 0.287 e. The van der Waals surface area contributed by atoms with Gasteiger partial charge in [0.15, 0.2) is 5.76 Å². The van der Waals surface area contributed by atoms with Crippen molar-refractivity contribution in [1.82, 2.24) is 5.32 Å². The molecule has 0 unspecified atom stereocenters. The van der Waals surface area contributed by atoms with Crippen LogP contribution in [0.5, 0.6) is 5.75 Å². The number of amides is 1. The van der Waals surface area contributed by atoms with E-state index in [1.807, 2.05) is 62.4 Å². The molecule has 1 amide bonds. The predicted molar refractivity (Wildman–Crippen MR) is 94.6 cm³/mol. The van der Waals surface area contributed by atoms with Crippen LogP contribution in [0.2, 0.25) is 0 Å². The minimum Gasteiger partial charge on any atom is -0.494 e. The lowest BCUT2D eigenvalue weighted by Gasteiger charge is -2.07. The highest BCUT2D eigenvalue weighted by Gasteiger charge is 2.16. The molecule has 0 saturated heterocycles. The van der Waals surface area contributed by atoms with Crippen LogP contribution in [0.1, 0.15) is 28.1 Å². The van der Waals surface area contributed by atoms with Crippen LogP contribution in [-0.4, -0.2) is 19.1 Å². The Morgan fingerprint density at radius 2 is 1.96 bits per heavy atom. The molecule has 1 heterocycles. The summed E-state index contributed by atoms with van der Waals surface area (Å²) in [6, 6.07) is 15.6. The van der Waals surface area contributed by atoms with Gasteiger partial charge in [-0.05, 0) is 44.0 Å². The van der Waals surface area contributed by atoms with Crippen LogP contribution in [0.15, 0.2) is 52.9 Å². The number of carbonyl (C=O) groups excluding carboxylic acids is 1. The summed E-state index contributed by atoms with van der Waals surface area (Å²) in [6.45, 7) is 5.04. The van der Waals surface area contributed by atoms with Crippen molar-refractivity contribution >= 4 is 16.9 Å². The van der Waals surface area contributed by atoms with E-state index in [9.17, 15) is 4.79 Å². The summed E-state index contributed by atoms with van der Waals surface area (Å²) in [7, 11) is 0. The highest BCUT2D eigenvalue weighted by molar-refractivity contribution is 5.98. The molecule has 0 saturated carbocycles. The molecular weight excluding hydrogens is 302 g/mol. The molecule has 0 bridgehead atoms. The summed E-state index contributed by atoms with van der Waals surface area (Å²) < 4.78 is 11.3. The van der Waals surface area contributed by atoms with Crippen LogP contribution in [-0.2, 0) is 0 Å². The van der Waals surface area contributed by atoms with Gasteiger partial charge in [0.25, 0.3) is 5.91 Å². The Labute approximate surface area is 141 Å². The Hall–Kier alpha value is -2.75. The standard InChI is InChI=1S/C20H21NO3/c1-14-7-5-8-16(13-14)23-12-6-11-21-20(22)19-15(2)17-9-3-4-10-18(17)24-19/h3-5,7-10,13H,6,11-12H2,1-2H3,(H,21,22). The monoisotopic (exact) mass is 323 g/mol. The normalized spacial score (nSPS) is 10.8. The fourth-order valence-electron chi connectivity index (χ4n) is 2.64.